The maximum Gasteiger partial charge on any atom is 0.233 e. The highest BCUT2D eigenvalue weighted by atomic mass is 32.2. The lowest BCUT2D eigenvalue weighted by Gasteiger charge is -2.26. The number of hydrogen-bond acceptors (Lipinski definition) is 7. The van der Waals surface area contributed by atoms with Crippen molar-refractivity contribution in [3.8, 4) is 0 Å². The van der Waals surface area contributed by atoms with Crippen LogP contribution in [0, 0.1) is 6.92 Å². The Bertz CT molecular complexity index is 1020. The van der Waals surface area contributed by atoms with Crippen LogP contribution in [0.2, 0.25) is 0 Å². The number of rotatable bonds is 5. The van der Waals surface area contributed by atoms with Gasteiger partial charge in [-0.2, -0.15) is 0 Å². The molecule has 0 unspecified atom stereocenters. The smallest absolute Gasteiger partial charge is 0.233 e. The van der Waals surface area contributed by atoms with E-state index >= 15 is 0 Å². The molecule has 1 saturated heterocycles. The van der Waals surface area contributed by atoms with E-state index in [4.69, 9.17) is 0 Å². The third-order valence-electron chi connectivity index (χ3n) is 5.54. The van der Waals surface area contributed by atoms with Crippen LogP contribution in [0.25, 0.3) is 10.2 Å². The van der Waals surface area contributed by atoms with E-state index in [1.165, 1.54) is 35.0 Å². The maximum absolute atomic E-state index is 12.9. The van der Waals surface area contributed by atoms with Crippen molar-refractivity contribution < 1.29 is 13.2 Å². The van der Waals surface area contributed by atoms with Crippen molar-refractivity contribution >= 4 is 49.1 Å². The minimum absolute atomic E-state index is 0.0110. The summed E-state index contributed by atoms with van der Waals surface area (Å²) in [5, 5.41) is 2.03. The highest BCUT2D eigenvalue weighted by molar-refractivity contribution is 8.00. The molecule has 0 saturated carbocycles. The van der Waals surface area contributed by atoms with Crippen LogP contribution in [0.4, 0.5) is 0 Å². The van der Waals surface area contributed by atoms with Crippen molar-refractivity contribution in [2.24, 2.45) is 0 Å². The lowest BCUT2D eigenvalue weighted by molar-refractivity contribution is -0.129. The Morgan fingerprint density at radius 2 is 2.07 bits per heavy atom. The van der Waals surface area contributed by atoms with Crippen LogP contribution in [-0.4, -0.2) is 59.0 Å². The summed E-state index contributed by atoms with van der Waals surface area (Å²) in [5.41, 5.74) is 1.37. The maximum atomic E-state index is 12.9. The summed E-state index contributed by atoms with van der Waals surface area (Å²) < 4.78 is 23.6. The van der Waals surface area contributed by atoms with Crippen LogP contribution in [0.1, 0.15) is 42.5 Å². The number of aryl methyl sites for hydroxylation is 3. The topological polar surface area (TPSA) is 80.2 Å². The van der Waals surface area contributed by atoms with Crippen molar-refractivity contribution in [2.45, 2.75) is 57.0 Å². The molecule has 1 atom stereocenters. The predicted octanol–water partition coefficient (Wildman–Crippen LogP) is 3.01. The van der Waals surface area contributed by atoms with E-state index in [-0.39, 0.29) is 29.2 Å². The van der Waals surface area contributed by atoms with Crippen molar-refractivity contribution in [3.63, 3.8) is 0 Å². The van der Waals surface area contributed by atoms with Gasteiger partial charge >= 0.3 is 0 Å². The number of hydrogen-bond donors (Lipinski definition) is 0. The fourth-order valence-corrected chi connectivity index (χ4v) is 8.29. The van der Waals surface area contributed by atoms with Gasteiger partial charge in [0.1, 0.15) is 15.7 Å². The van der Waals surface area contributed by atoms with Crippen molar-refractivity contribution in [3.05, 3.63) is 16.3 Å². The summed E-state index contributed by atoms with van der Waals surface area (Å²) in [7, 11) is -3.01. The first-order chi connectivity index (χ1) is 13.4. The Morgan fingerprint density at radius 3 is 2.79 bits per heavy atom. The minimum atomic E-state index is -3.01. The molecule has 2 aliphatic rings. The molecule has 2 aromatic rings. The molecule has 1 amide bonds. The molecule has 9 heteroatoms. The molecule has 1 aliphatic heterocycles. The highest BCUT2D eigenvalue weighted by Crippen LogP contribution is 2.39. The average molecular weight is 440 g/mol. The van der Waals surface area contributed by atoms with E-state index in [2.05, 4.69) is 9.97 Å². The largest absolute Gasteiger partial charge is 0.338 e. The van der Waals surface area contributed by atoms with Gasteiger partial charge in [-0.25, -0.2) is 18.4 Å². The summed E-state index contributed by atoms with van der Waals surface area (Å²) in [6.07, 6.45) is 5.13. The predicted molar refractivity (Wildman–Crippen MR) is 114 cm³/mol. The number of thiophene rings is 1. The van der Waals surface area contributed by atoms with E-state index in [0.717, 1.165) is 33.9 Å². The molecule has 152 valence electrons. The Labute approximate surface area is 174 Å². The molecule has 4 rings (SSSR count). The number of nitrogens with zero attached hydrogens (tertiary/aromatic N) is 3. The van der Waals surface area contributed by atoms with Crippen molar-refractivity contribution in [2.75, 3.05) is 23.8 Å². The van der Waals surface area contributed by atoms with Crippen molar-refractivity contribution in [1.82, 2.24) is 14.9 Å². The molecule has 6 nitrogen and oxygen atoms in total. The number of sulfone groups is 1. The summed E-state index contributed by atoms with van der Waals surface area (Å²) in [5.74, 6) is 1.27. The Morgan fingerprint density at radius 1 is 1.29 bits per heavy atom. The van der Waals surface area contributed by atoms with E-state index in [9.17, 15) is 13.2 Å². The number of carbonyl (C=O) groups is 1. The van der Waals surface area contributed by atoms with Gasteiger partial charge in [0, 0.05) is 22.8 Å². The first-order valence-electron chi connectivity index (χ1n) is 9.79. The standard InChI is InChI=1S/C19H25N3O3S3/c1-3-22(13-8-9-28(24,25)11-13)16(23)10-26-18-17-14-6-4-5-7-15(14)27-19(17)21-12(2)20-18/h13H,3-11H2,1-2H3/t13-/m0/s1. The number of fused-ring (bicyclic) bond motifs is 3. The fourth-order valence-electron chi connectivity index (χ4n) is 4.20. The minimum Gasteiger partial charge on any atom is -0.338 e. The van der Waals surface area contributed by atoms with Crippen LogP contribution in [0.15, 0.2) is 5.03 Å². The Balaban J connectivity index is 1.55. The number of amides is 1. The zero-order valence-electron chi connectivity index (χ0n) is 16.2. The number of thioether (sulfide) groups is 1. The second-order valence-corrected chi connectivity index (χ2v) is 11.8. The van der Waals surface area contributed by atoms with E-state index < -0.39 is 9.84 Å². The van der Waals surface area contributed by atoms with Gasteiger partial charge in [0.25, 0.3) is 0 Å². The molecule has 3 heterocycles. The molecule has 0 radical (unpaired) electrons. The molecular weight excluding hydrogens is 414 g/mol. The molecular formula is C19H25N3O3S3. The second kappa shape index (κ2) is 7.91. The molecule has 0 aromatic carbocycles. The normalized spacial score (nSPS) is 21.0. The first-order valence-corrected chi connectivity index (χ1v) is 13.4. The van der Waals surface area contributed by atoms with Gasteiger partial charge in [-0.05, 0) is 51.5 Å². The van der Waals surface area contributed by atoms with Gasteiger partial charge in [-0.1, -0.05) is 11.8 Å². The molecule has 0 spiro atoms. The average Bonchev–Trinajstić information content (AvgIpc) is 3.19. The van der Waals surface area contributed by atoms with E-state index in [0.29, 0.717) is 13.0 Å². The molecule has 28 heavy (non-hydrogen) atoms. The summed E-state index contributed by atoms with van der Waals surface area (Å²) in [4.78, 5) is 26.3. The third kappa shape index (κ3) is 3.93. The van der Waals surface area contributed by atoms with Gasteiger partial charge in [-0.15, -0.1) is 11.3 Å². The first kappa shape index (κ1) is 20.1. The zero-order chi connectivity index (χ0) is 19.9. The van der Waals surface area contributed by atoms with Crippen LogP contribution in [-0.2, 0) is 27.5 Å². The number of aromatic nitrogens is 2. The van der Waals surface area contributed by atoms with Crippen LogP contribution in [0.5, 0.6) is 0 Å². The van der Waals surface area contributed by atoms with Gasteiger partial charge in [0.15, 0.2) is 9.84 Å². The highest BCUT2D eigenvalue weighted by Gasteiger charge is 2.34. The Hall–Kier alpha value is -1.19. The quantitative estimate of drug-likeness (QED) is 0.526. The molecule has 0 bridgehead atoms. The molecule has 1 fully saturated rings. The van der Waals surface area contributed by atoms with Crippen LogP contribution >= 0.6 is 23.1 Å². The summed E-state index contributed by atoms with van der Waals surface area (Å²) in [6, 6.07) is -0.191. The van der Waals surface area contributed by atoms with Gasteiger partial charge in [0.05, 0.1) is 17.3 Å². The van der Waals surface area contributed by atoms with E-state index in [1.54, 1.807) is 16.2 Å². The van der Waals surface area contributed by atoms with Gasteiger partial charge in [-0.3, -0.25) is 4.79 Å². The fraction of sp³-hybridized carbons (Fsp3) is 0.632. The molecule has 2 aromatic heterocycles. The van der Waals surface area contributed by atoms with Crippen LogP contribution in [0.3, 0.4) is 0 Å². The molecule has 0 N–H and O–H groups in total. The monoisotopic (exact) mass is 439 g/mol. The Kier molecular flexibility index (Phi) is 5.68. The second-order valence-electron chi connectivity index (χ2n) is 7.49. The van der Waals surface area contributed by atoms with Crippen molar-refractivity contribution in [1.29, 1.82) is 0 Å². The van der Waals surface area contributed by atoms with Crippen LogP contribution < -0.4 is 0 Å². The third-order valence-corrected chi connectivity index (χ3v) is 9.43. The number of carbonyl (C=O) groups excluding carboxylic acids is 1. The lowest BCUT2D eigenvalue weighted by atomic mass is 9.97. The summed E-state index contributed by atoms with van der Waals surface area (Å²) >= 11 is 3.23. The SMILES string of the molecule is CCN(C(=O)CSc1nc(C)nc2sc3c(c12)CCCC3)[C@H]1CCS(=O)(=O)C1. The van der Waals surface area contributed by atoms with Gasteiger partial charge < -0.3 is 4.90 Å². The van der Waals surface area contributed by atoms with Gasteiger partial charge in [0.2, 0.25) is 5.91 Å². The van der Waals surface area contributed by atoms with E-state index in [1.807, 2.05) is 13.8 Å². The lowest BCUT2D eigenvalue weighted by Crippen LogP contribution is -2.41. The zero-order valence-corrected chi connectivity index (χ0v) is 18.7. The summed E-state index contributed by atoms with van der Waals surface area (Å²) in [6.45, 7) is 4.34. The molecule has 1 aliphatic carbocycles.